The molecule has 0 aromatic carbocycles. The van der Waals surface area contributed by atoms with E-state index in [4.69, 9.17) is 5.11 Å². The number of aliphatic carboxylic acids is 1. The smallest absolute Gasteiger partial charge is 0.328 e. The molecule has 1 N–H and O–H groups in total. The van der Waals surface area contributed by atoms with Gasteiger partial charge in [0.25, 0.3) is 0 Å². The number of carboxylic acids is 1. The van der Waals surface area contributed by atoms with Crippen LogP contribution in [0.25, 0.3) is 6.08 Å². The molecule has 0 saturated carbocycles. The van der Waals surface area contributed by atoms with Gasteiger partial charge in [-0.2, -0.15) is 0 Å². The molecule has 5 nitrogen and oxygen atoms in total. The molecule has 0 aliphatic carbocycles. The Hall–Kier alpha value is -1.95. The van der Waals surface area contributed by atoms with Crippen LogP contribution in [0.3, 0.4) is 0 Å². The van der Waals surface area contributed by atoms with Crippen LogP contribution in [-0.4, -0.2) is 27.8 Å². The van der Waals surface area contributed by atoms with Gasteiger partial charge in [0, 0.05) is 23.8 Å². The molecule has 0 radical (unpaired) electrons. The molecule has 1 aliphatic heterocycles. The predicted octanol–water partition coefficient (Wildman–Crippen LogP) is 1.49. The van der Waals surface area contributed by atoms with Crippen LogP contribution in [0.4, 0.5) is 0 Å². The van der Waals surface area contributed by atoms with Gasteiger partial charge in [0.05, 0.1) is 6.54 Å². The van der Waals surface area contributed by atoms with E-state index in [1.165, 1.54) is 22.3 Å². The second-order valence-electron chi connectivity index (χ2n) is 3.89. The van der Waals surface area contributed by atoms with Gasteiger partial charge >= 0.3 is 5.97 Å². The SMILES string of the molecule is O=C(O)C=Cc1csc(CN2C(=O)CCC2=O)c1. The standard InChI is InChI=1S/C12H11NO4S/c14-10-2-3-11(15)13(10)6-9-5-8(7-18-9)1-4-12(16)17/h1,4-5,7H,2-3,6H2,(H,16,17). The van der Waals surface area contributed by atoms with Crippen molar-refractivity contribution in [1.29, 1.82) is 0 Å². The summed E-state index contributed by atoms with van der Waals surface area (Å²) in [6.45, 7) is 0.281. The molecule has 1 aliphatic rings. The zero-order valence-electron chi connectivity index (χ0n) is 9.46. The van der Waals surface area contributed by atoms with Crippen molar-refractivity contribution in [1.82, 2.24) is 4.90 Å². The van der Waals surface area contributed by atoms with E-state index in [-0.39, 0.29) is 31.2 Å². The van der Waals surface area contributed by atoms with Gasteiger partial charge in [-0.3, -0.25) is 14.5 Å². The third-order valence-corrected chi connectivity index (χ3v) is 3.50. The summed E-state index contributed by atoms with van der Waals surface area (Å²) in [7, 11) is 0. The Bertz CT molecular complexity index is 516. The number of hydrogen-bond donors (Lipinski definition) is 1. The van der Waals surface area contributed by atoms with Gasteiger partial charge < -0.3 is 5.11 Å². The molecule has 2 heterocycles. The van der Waals surface area contributed by atoms with Crippen LogP contribution >= 0.6 is 11.3 Å². The highest BCUT2D eigenvalue weighted by Crippen LogP contribution is 2.21. The van der Waals surface area contributed by atoms with E-state index in [0.29, 0.717) is 0 Å². The molecule has 0 atom stereocenters. The first-order valence-electron chi connectivity index (χ1n) is 5.38. The minimum Gasteiger partial charge on any atom is -0.478 e. The number of imide groups is 1. The summed E-state index contributed by atoms with van der Waals surface area (Å²) in [4.78, 5) is 35.3. The Labute approximate surface area is 107 Å². The number of nitrogens with zero attached hydrogens (tertiary/aromatic N) is 1. The third-order valence-electron chi connectivity index (χ3n) is 2.56. The number of carboxylic acid groups (broad SMARTS) is 1. The molecule has 2 rings (SSSR count). The highest BCUT2D eigenvalue weighted by molar-refractivity contribution is 7.10. The summed E-state index contributed by atoms with van der Waals surface area (Å²) in [5, 5.41) is 10.3. The van der Waals surface area contributed by atoms with E-state index in [9.17, 15) is 14.4 Å². The Morgan fingerprint density at radius 3 is 2.67 bits per heavy atom. The van der Waals surface area contributed by atoms with Crippen molar-refractivity contribution in [3.05, 3.63) is 28.0 Å². The molecule has 1 fully saturated rings. The molecular weight excluding hydrogens is 254 g/mol. The van der Waals surface area contributed by atoms with Gasteiger partial charge in [-0.05, 0) is 23.1 Å². The van der Waals surface area contributed by atoms with Crippen molar-refractivity contribution in [2.75, 3.05) is 0 Å². The van der Waals surface area contributed by atoms with Crippen LogP contribution in [-0.2, 0) is 20.9 Å². The molecule has 1 aromatic rings. The number of carbonyl (C=O) groups is 3. The number of thiophene rings is 1. The van der Waals surface area contributed by atoms with Gasteiger partial charge in [0.2, 0.25) is 11.8 Å². The molecule has 18 heavy (non-hydrogen) atoms. The molecule has 94 valence electrons. The third kappa shape index (κ3) is 2.84. The molecule has 0 unspecified atom stereocenters. The molecular formula is C12H11NO4S. The van der Waals surface area contributed by atoms with E-state index in [1.807, 2.05) is 0 Å². The average molecular weight is 265 g/mol. The number of amides is 2. The summed E-state index contributed by atoms with van der Waals surface area (Å²) in [6.07, 6.45) is 3.11. The van der Waals surface area contributed by atoms with Crippen molar-refractivity contribution in [3.8, 4) is 0 Å². The Balaban J connectivity index is 2.04. The molecule has 6 heteroatoms. The minimum absolute atomic E-state index is 0.143. The zero-order chi connectivity index (χ0) is 13.1. The van der Waals surface area contributed by atoms with Crippen molar-refractivity contribution >= 4 is 35.2 Å². The topological polar surface area (TPSA) is 74.7 Å². The summed E-state index contributed by atoms with van der Waals surface area (Å²) in [5.41, 5.74) is 0.761. The van der Waals surface area contributed by atoms with Crippen LogP contribution < -0.4 is 0 Å². The quantitative estimate of drug-likeness (QED) is 0.661. The number of hydrogen-bond acceptors (Lipinski definition) is 4. The Morgan fingerprint density at radius 1 is 1.39 bits per heavy atom. The molecule has 2 amide bonds. The van der Waals surface area contributed by atoms with Crippen molar-refractivity contribution in [2.45, 2.75) is 19.4 Å². The maximum absolute atomic E-state index is 11.4. The molecule has 0 spiro atoms. The van der Waals surface area contributed by atoms with Crippen molar-refractivity contribution < 1.29 is 19.5 Å². The first kappa shape index (κ1) is 12.5. The highest BCUT2D eigenvalue weighted by Gasteiger charge is 2.28. The Morgan fingerprint density at radius 2 is 2.06 bits per heavy atom. The van der Waals surface area contributed by atoms with Crippen molar-refractivity contribution in [3.63, 3.8) is 0 Å². The van der Waals surface area contributed by atoms with Crippen LogP contribution in [0, 0.1) is 0 Å². The molecule has 1 aromatic heterocycles. The molecule has 0 bridgehead atoms. The lowest BCUT2D eigenvalue weighted by atomic mass is 10.3. The first-order valence-corrected chi connectivity index (χ1v) is 6.26. The largest absolute Gasteiger partial charge is 0.478 e. The molecule has 1 saturated heterocycles. The minimum atomic E-state index is -1.01. The van der Waals surface area contributed by atoms with Gasteiger partial charge in [-0.15, -0.1) is 11.3 Å². The average Bonchev–Trinajstić information content (AvgIpc) is 2.88. The van der Waals surface area contributed by atoms with Crippen LogP contribution in [0.5, 0.6) is 0 Å². The second-order valence-corrected chi connectivity index (χ2v) is 4.89. The zero-order valence-corrected chi connectivity index (χ0v) is 10.3. The number of likely N-dealkylation sites (tertiary alicyclic amines) is 1. The maximum atomic E-state index is 11.4. The van der Waals surface area contributed by atoms with Gasteiger partial charge in [-0.25, -0.2) is 4.79 Å². The van der Waals surface area contributed by atoms with Gasteiger partial charge in [0.15, 0.2) is 0 Å². The second kappa shape index (κ2) is 5.14. The summed E-state index contributed by atoms with van der Waals surface area (Å²) in [5.74, 6) is -1.29. The van der Waals surface area contributed by atoms with Crippen molar-refractivity contribution in [2.24, 2.45) is 0 Å². The van der Waals surface area contributed by atoms with Gasteiger partial charge in [-0.1, -0.05) is 0 Å². The number of carbonyl (C=O) groups excluding carboxylic acids is 2. The first-order chi connectivity index (χ1) is 8.56. The Kier molecular flexibility index (Phi) is 3.57. The van der Waals surface area contributed by atoms with E-state index in [2.05, 4.69) is 0 Å². The lowest BCUT2D eigenvalue weighted by Crippen LogP contribution is -2.27. The summed E-state index contributed by atoms with van der Waals surface area (Å²) < 4.78 is 0. The van der Waals surface area contributed by atoms with Crippen LogP contribution in [0.2, 0.25) is 0 Å². The normalized spacial score (nSPS) is 15.9. The van der Waals surface area contributed by atoms with Crippen LogP contribution in [0.15, 0.2) is 17.5 Å². The monoisotopic (exact) mass is 265 g/mol. The highest BCUT2D eigenvalue weighted by atomic mass is 32.1. The van der Waals surface area contributed by atoms with E-state index < -0.39 is 5.97 Å². The lowest BCUT2D eigenvalue weighted by molar-refractivity contribution is -0.139. The lowest BCUT2D eigenvalue weighted by Gasteiger charge is -2.11. The van der Waals surface area contributed by atoms with Gasteiger partial charge in [0.1, 0.15) is 0 Å². The fourth-order valence-corrected chi connectivity index (χ4v) is 2.53. The summed E-state index contributed by atoms with van der Waals surface area (Å²) in [6, 6.07) is 1.78. The van der Waals surface area contributed by atoms with E-state index in [1.54, 1.807) is 11.4 Å². The summed E-state index contributed by atoms with van der Waals surface area (Å²) >= 11 is 1.40. The fraction of sp³-hybridized carbons (Fsp3) is 0.250. The number of rotatable bonds is 4. The van der Waals surface area contributed by atoms with Crippen LogP contribution in [0.1, 0.15) is 23.3 Å². The predicted molar refractivity (Wildman–Crippen MR) is 65.8 cm³/mol. The van der Waals surface area contributed by atoms with E-state index in [0.717, 1.165) is 16.5 Å². The van der Waals surface area contributed by atoms with E-state index >= 15 is 0 Å². The fourth-order valence-electron chi connectivity index (χ4n) is 1.69. The maximum Gasteiger partial charge on any atom is 0.328 e.